The zero-order valence-corrected chi connectivity index (χ0v) is 13.3. The van der Waals surface area contributed by atoms with Gasteiger partial charge >= 0.3 is 0 Å². The first-order valence-corrected chi connectivity index (χ1v) is 7.86. The molecule has 0 spiro atoms. The summed E-state index contributed by atoms with van der Waals surface area (Å²) >= 11 is 0. The fraction of sp³-hybridized carbons (Fsp3) is 0.647. The third-order valence-electron chi connectivity index (χ3n) is 3.88. The summed E-state index contributed by atoms with van der Waals surface area (Å²) in [5.41, 5.74) is 0.935. The van der Waals surface area contributed by atoms with E-state index in [1.54, 1.807) is 0 Å². The molecule has 4 nitrogen and oxygen atoms in total. The number of hydrogen-bond acceptors (Lipinski definition) is 4. The predicted molar refractivity (Wildman–Crippen MR) is 83.6 cm³/mol. The van der Waals surface area contributed by atoms with E-state index in [-0.39, 0.29) is 6.10 Å². The largest absolute Gasteiger partial charge is 0.494 e. The van der Waals surface area contributed by atoms with Gasteiger partial charge in [0.1, 0.15) is 5.75 Å². The monoisotopic (exact) mass is 293 g/mol. The highest BCUT2D eigenvalue weighted by atomic mass is 16.5. The van der Waals surface area contributed by atoms with E-state index in [9.17, 15) is 5.11 Å². The van der Waals surface area contributed by atoms with Crippen molar-refractivity contribution in [3.8, 4) is 5.75 Å². The number of ether oxygens (including phenoxy) is 2. The maximum Gasteiger partial charge on any atom is 0.119 e. The first-order valence-electron chi connectivity index (χ1n) is 7.86. The van der Waals surface area contributed by atoms with Gasteiger partial charge < -0.3 is 14.6 Å². The Morgan fingerprint density at radius 1 is 1.33 bits per heavy atom. The molecule has 3 atom stereocenters. The zero-order valence-electron chi connectivity index (χ0n) is 13.3. The zero-order chi connectivity index (χ0) is 15.2. The smallest absolute Gasteiger partial charge is 0.119 e. The summed E-state index contributed by atoms with van der Waals surface area (Å²) in [5.74, 6) is 0.862. The van der Waals surface area contributed by atoms with Crippen molar-refractivity contribution in [2.45, 2.75) is 45.4 Å². The van der Waals surface area contributed by atoms with Gasteiger partial charge in [-0.1, -0.05) is 19.1 Å². The van der Waals surface area contributed by atoms with E-state index >= 15 is 0 Å². The van der Waals surface area contributed by atoms with Crippen LogP contribution in [0.5, 0.6) is 5.75 Å². The summed E-state index contributed by atoms with van der Waals surface area (Å²) in [5, 5.41) is 10.4. The van der Waals surface area contributed by atoms with Crippen LogP contribution in [0.15, 0.2) is 24.3 Å². The number of morpholine rings is 1. The second-order valence-electron chi connectivity index (χ2n) is 5.88. The SMILES string of the molecule is CCCOc1ccc(C(O)CN2CC(C)OCC2C)cc1. The standard InChI is InChI=1S/C17H27NO3/c1-4-9-20-16-7-5-15(6-8-16)17(19)11-18-10-14(3)21-12-13(18)2/h5-8,13-14,17,19H,4,9-12H2,1-3H3. The van der Waals surface area contributed by atoms with Crippen LogP contribution in [0.2, 0.25) is 0 Å². The van der Waals surface area contributed by atoms with Crippen molar-refractivity contribution in [2.24, 2.45) is 0 Å². The minimum atomic E-state index is -0.474. The molecule has 0 saturated carbocycles. The number of β-amino-alcohol motifs (C(OH)–C–C–N with tert-alkyl or cyclic N) is 1. The first-order chi connectivity index (χ1) is 10.1. The third-order valence-corrected chi connectivity index (χ3v) is 3.88. The van der Waals surface area contributed by atoms with Gasteiger partial charge in [0, 0.05) is 19.1 Å². The molecule has 1 aliphatic heterocycles. The molecule has 0 bridgehead atoms. The molecule has 1 N–H and O–H groups in total. The summed E-state index contributed by atoms with van der Waals surface area (Å²) in [6, 6.07) is 8.11. The van der Waals surface area contributed by atoms with Crippen molar-refractivity contribution in [1.29, 1.82) is 0 Å². The lowest BCUT2D eigenvalue weighted by Crippen LogP contribution is -2.48. The van der Waals surface area contributed by atoms with Crippen molar-refractivity contribution < 1.29 is 14.6 Å². The first kappa shape index (κ1) is 16.3. The van der Waals surface area contributed by atoms with E-state index in [2.05, 4.69) is 25.7 Å². The van der Waals surface area contributed by atoms with Crippen LogP contribution in [0.3, 0.4) is 0 Å². The van der Waals surface area contributed by atoms with Gasteiger partial charge in [-0.25, -0.2) is 0 Å². The Morgan fingerprint density at radius 2 is 2.05 bits per heavy atom. The van der Waals surface area contributed by atoms with E-state index < -0.39 is 6.10 Å². The summed E-state index contributed by atoms with van der Waals surface area (Å²) in [7, 11) is 0. The minimum absolute atomic E-state index is 0.234. The maximum absolute atomic E-state index is 10.4. The highest BCUT2D eigenvalue weighted by Gasteiger charge is 2.25. The molecule has 1 aliphatic rings. The lowest BCUT2D eigenvalue weighted by molar-refractivity contribution is -0.0619. The molecule has 21 heavy (non-hydrogen) atoms. The number of benzene rings is 1. The average Bonchev–Trinajstić information content (AvgIpc) is 2.49. The molecule has 2 rings (SSSR count). The maximum atomic E-state index is 10.4. The van der Waals surface area contributed by atoms with Gasteiger partial charge in [-0.15, -0.1) is 0 Å². The lowest BCUT2D eigenvalue weighted by atomic mass is 10.1. The van der Waals surface area contributed by atoms with Crippen molar-refractivity contribution in [1.82, 2.24) is 4.90 Å². The summed E-state index contributed by atoms with van der Waals surface area (Å²) in [6.07, 6.45) is 0.758. The molecule has 3 unspecified atom stereocenters. The highest BCUT2D eigenvalue weighted by molar-refractivity contribution is 5.28. The Morgan fingerprint density at radius 3 is 2.71 bits per heavy atom. The molecule has 1 aromatic rings. The van der Waals surface area contributed by atoms with Crippen LogP contribution < -0.4 is 4.74 Å². The van der Waals surface area contributed by atoms with E-state index in [4.69, 9.17) is 9.47 Å². The van der Waals surface area contributed by atoms with Crippen LogP contribution in [0.25, 0.3) is 0 Å². The molecule has 0 radical (unpaired) electrons. The van der Waals surface area contributed by atoms with Crippen LogP contribution in [-0.2, 0) is 4.74 Å². The minimum Gasteiger partial charge on any atom is -0.494 e. The van der Waals surface area contributed by atoms with Crippen molar-refractivity contribution in [3.05, 3.63) is 29.8 Å². The van der Waals surface area contributed by atoms with E-state index in [1.807, 2.05) is 24.3 Å². The van der Waals surface area contributed by atoms with Crippen LogP contribution in [0, 0.1) is 0 Å². The van der Waals surface area contributed by atoms with E-state index in [0.717, 1.165) is 37.5 Å². The fourth-order valence-corrected chi connectivity index (χ4v) is 2.56. The van der Waals surface area contributed by atoms with Gasteiger partial charge in [-0.2, -0.15) is 0 Å². The molecule has 1 heterocycles. The van der Waals surface area contributed by atoms with Crippen molar-refractivity contribution >= 4 is 0 Å². The molecular formula is C17H27NO3. The Hall–Kier alpha value is -1.10. The molecule has 1 aromatic carbocycles. The molecular weight excluding hydrogens is 266 g/mol. The van der Waals surface area contributed by atoms with Gasteiger partial charge in [0.05, 0.1) is 25.4 Å². The molecule has 0 amide bonds. The van der Waals surface area contributed by atoms with E-state index in [1.165, 1.54) is 0 Å². The fourth-order valence-electron chi connectivity index (χ4n) is 2.56. The molecule has 0 aromatic heterocycles. The van der Waals surface area contributed by atoms with Crippen LogP contribution in [-0.4, -0.2) is 48.5 Å². The second-order valence-corrected chi connectivity index (χ2v) is 5.88. The number of aliphatic hydroxyl groups is 1. The molecule has 4 heteroatoms. The molecule has 0 aliphatic carbocycles. The topological polar surface area (TPSA) is 41.9 Å². The van der Waals surface area contributed by atoms with E-state index in [0.29, 0.717) is 12.6 Å². The summed E-state index contributed by atoms with van der Waals surface area (Å²) in [6.45, 7) is 9.27. The number of hydrogen-bond donors (Lipinski definition) is 1. The average molecular weight is 293 g/mol. The van der Waals surface area contributed by atoms with Crippen molar-refractivity contribution in [3.63, 3.8) is 0 Å². The predicted octanol–water partition coefficient (Wildman–Crippen LogP) is 2.62. The van der Waals surface area contributed by atoms with Gasteiger partial charge in [-0.3, -0.25) is 4.90 Å². The second kappa shape index (κ2) is 7.78. The Bertz CT molecular complexity index is 421. The third kappa shape index (κ3) is 4.70. The Labute approximate surface area is 127 Å². The number of nitrogens with zero attached hydrogens (tertiary/aromatic N) is 1. The van der Waals surface area contributed by atoms with Crippen LogP contribution >= 0.6 is 0 Å². The van der Waals surface area contributed by atoms with Gasteiger partial charge in [-0.05, 0) is 38.0 Å². The molecule has 1 fully saturated rings. The van der Waals surface area contributed by atoms with Crippen LogP contribution in [0.4, 0.5) is 0 Å². The van der Waals surface area contributed by atoms with Crippen molar-refractivity contribution in [2.75, 3.05) is 26.3 Å². The number of rotatable bonds is 6. The quantitative estimate of drug-likeness (QED) is 0.875. The van der Waals surface area contributed by atoms with Crippen LogP contribution in [0.1, 0.15) is 38.9 Å². The van der Waals surface area contributed by atoms with Gasteiger partial charge in [0.2, 0.25) is 0 Å². The molecule has 1 saturated heterocycles. The normalized spacial score (nSPS) is 24.8. The lowest BCUT2D eigenvalue weighted by Gasteiger charge is -2.37. The van der Waals surface area contributed by atoms with Gasteiger partial charge in [0.25, 0.3) is 0 Å². The summed E-state index contributed by atoms with van der Waals surface area (Å²) in [4.78, 5) is 2.29. The highest BCUT2D eigenvalue weighted by Crippen LogP contribution is 2.21. The molecule has 118 valence electrons. The number of aliphatic hydroxyl groups excluding tert-OH is 1. The Balaban J connectivity index is 1.91. The summed E-state index contributed by atoms with van der Waals surface area (Å²) < 4.78 is 11.2. The van der Waals surface area contributed by atoms with Gasteiger partial charge in [0.15, 0.2) is 0 Å². The Kier molecular flexibility index (Phi) is 6.03.